The van der Waals surface area contributed by atoms with Gasteiger partial charge in [0.25, 0.3) is 0 Å². The van der Waals surface area contributed by atoms with Gasteiger partial charge in [0.1, 0.15) is 0 Å². The Kier molecular flexibility index (Phi) is 4.79. The minimum Gasteiger partial charge on any atom is -0.171 e. The zero-order valence-corrected chi connectivity index (χ0v) is 8.78. The molecule has 0 aliphatic rings. The molecule has 13 heavy (non-hydrogen) atoms. The molecule has 0 aliphatic heterocycles. The summed E-state index contributed by atoms with van der Waals surface area (Å²) in [6, 6.07) is 0. The summed E-state index contributed by atoms with van der Waals surface area (Å²) in [5, 5.41) is 0. The molecule has 0 N–H and O–H groups in total. The van der Waals surface area contributed by atoms with Crippen molar-refractivity contribution in [3.8, 4) is 0 Å². The largest absolute Gasteiger partial charge is 0.392 e. The van der Waals surface area contributed by atoms with Crippen LogP contribution in [0.3, 0.4) is 0 Å². The van der Waals surface area contributed by atoms with Crippen LogP contribution in [0.2, 0.25) is 0 Å². The summed E-state index contributed by atoms with van der Waals surface area (Å²) in [6.07, 6.45) is -3.11. The average molecular weight is 196 g/mol. The lowest BCUT2D eigenvalue weighted by molar-refractivity contribution is -0.188. The molecule has 0 fully saturated rings. The first-order valence-corrected chi connectivity index (χ1v) is 4.81. The fourth-order valence-electron chi connectivity index (χ4n) is 1.39. The second kappa shape index (κ2) is 4.87. The Balaban J connectivity index is 4.12. The first-order valence-electron chi connectivity index (χ1n) is 4.81. The first kappa shape index (κ1) is 12.8. The van der Waals surface area contributed by atoms with Gasteiger partial charge in [0, 0.05) is 0 Å². The maximum Gasteiger partial charge on any atom is 0.392 e. The van der Waals surface area contributed by atoms with Crippen molar-refractivity contribution >= 4 is 0 Å². The number of rotatable bonds is 4. The van der Waals surface area contributed by atoms with Crippen molar-refractivity contribution in [1.82, 2.24) is 0 Å². The molecule has 0 bridgehead atoms. The van der Waals surface area contributed by atoms with E-state index in [1.165, 1.54) is 0 Å². The lowest BCUT2D eigenvalue weighted by Crippen LogP contribution is -2.27. The number of hydrogen-bond donors (Lipinski definition) is 0. The molecule has 0 radical (unpaired) electrons. The fourth-order valence-corrected chi connectivity index (χ4v) is 1.39. The third kappa shape index (κ3) is 5.17. The van der Waals surface area contributed by atoms with E-state index in [2.05, 4.69) is 0 Å². The van der Waals surface area contributed by atoms with Crippen molar-refractivity contribution in [3.05, 3.63) is 0 Å². The predicted octanol–water partition coefficient (Wildman–Crippen LogP) is 4.26. The Morgan fingerprint density at radius 2 is 1.38 bits per heavy atom. The molecule has 0 amide bonds. The zero-order chi connectivity index (χ0) is 10.6. The van der Waals surface area contributed by atoms with Gasteiger partial charge in [-0.3, -0.25) is 0 Å². The summed E-state index contributed by atoms with van der Waals surface area (Å²) in [6.45, 7) is 7.18. The van der Waals surface area contributed by atoms with Crippen molar-refractivity contribution in [3.63, 3.8) is 0 Å². The molecular formula is C10H19F3. The average Bonchev–Trinajstić information content (AvgIpc) is 1.81. The van der Waals surface area contributed by atoms with E-state index in [9.17, 15) is 13.2 Å². The van der Waals surface area contributed by atoms with Crippen LogP contribution in [-0.4, -0.2) is 6.18 Å². The van der Waals surface area contributed by atoms with Crippen LogP contribution in [0.4, 0.5) is 13.2 Å². The normalized spacial score (nSPS) is 15.5. The van der Waals surface area contributed by atoms with Crippen LogP contribution in [0.5, 0.6) is 0 Å². The third-order valence-corrected chi connectivity index (χ3v) is 2.28. The molecule has 80 valence electrons. The van der Waals surface area contributed by atoms with E-state index in [-0.39, 0.29) is 12.3 Å². The minimum atomic E-state index is -4.02. The van der Waals surface area contributed by atoms with Gasteiger partial charge in [0.15, 0.2) is 0 Å². The van der Waals surface area contributed by atoms with Gasteiger partial charge in [-0.05, 0) is 18.3 Å². The Morgan fingerprint density at radius 1 is 0.923 bits per heavy atom. The zero-order valence-electron chi connectivity index (χ0n) is 8.78. The quantitative estimate of drug-likeness (QED) is 0.630. The topological polar surface area (TPSA) is 0 Å². The molecule has 0 aromatic heterocycles. The molecule has 3 heteroatoms. The molecule has 0 aliphatic carbocycles. The molecule has 0 saturated heterocycles. The van der Waals surface area contributed by atoms with E-state index < -0.39 is 12.1 Å². The van der Waals surface area contributed by atoms with E-state index in [0.717, 1.165) is 0 Å². The Hall–Kier alpha value is -0.210. The van der Waals surface area contributed by atoms with Crippen LogP contribution in [0.15, 0.2) is 0 Å². The highest BCUT2D eigenvalue weighted by molar-refractivity contribution is 4.71. The standard InChI is InChI=1S/C10H19F3/c1-7(2)5-6-9(8(3)4)10(11,12)13/h7-9H,5-6H2,1-4H3/t9-/m0/s1. The first-order chi connectivity index (χ1) is 5.75. The summed E-state index contributed by atoms with van der Waals surface area (Å²) in [5.41, 5.74) is 0. The van der Waals surface area contributed by atoms with Gasteiger partial charge in [-0.1, -0.05) is 34.1 Å². The van der Waals surface area contributed by atoms with Gasteiger partial charge in [0.2, 0.25) is 0 Å². The second-order valence-corrected chi connectivity index (χ2v) is 4.36. The Labute approximate surface area is 78.5 Å². The van der Waals surface area contributed by atoms with Gasteiger partial charge in [-0.15, -0.1) is 0 Å². The summed E-state index contributed by atoms with van der Waals surface area (Å²) in [5.74, 6) is -1.09. The van der Waals surface area contributed by atoms with Crippen molar-refractivity contribution < 1.29 is 13.2 Å². The van der Waals surface area contributed by atoms with Gasteiger partial charge in [0.05, 0.1) is 5.92 Å². The lowest BCUT2D eigenvalue weighted by Gasteiger charge is -2.24. The fraction of sp³-hybridized carbons (Fsp3) is 1.00. The molecule has 0 saturated carbocycles. The molecule has 0 heterocycles. The third-order valence-electron chi connectivity index (χ3n) is 2.28. The van der Waals surface area contributed by atoms with Crippen LogP contribution in [0.25, 0.3) is 0 Å². The molecule has 0 aromatic carbocycles. The van der Waals surface area contributed by atoms with Crippen molar-refractivity contribution in [2.24, 2.45) is 17.8 Å². The number of hydrogen-bond acceptors (Lipinski definition) is 0. The van der Waals surface area contributed by atoms with Gasteiger partial charge in [-0.2, -0.15) is 13.2 Å². The lowest BCUT2D eigenvalue weighted by atomic mass is 9.88. The van der Waals surface area contributed by atoms with Crippen molar-refractivity contribution in [2.75, 3.05) is 0 Å². The summed E-state index contributed by atoms with van der Waals surface area (Å²) in [4.78, 5) is 0. The van der Waals surface area contributed by atoms with Crippen molar-refractivity contribution in [1.29, 1.82) is 0 Å². The minimum absolute atomic E-state index is 0.263. The second-order valence-electron chi connectivity index (χ2n) is 4.36. The SMILES string of the molecule is CC(C)CC[C@@H](C(C)C)C(F)(F)F. The van der Waals surface area contributed by atoms with Gasteiger partial charge >= 0.3 is 6.18 Å². The number of halogens is 3. The highest BCUT2D eigenvalue weighted by Crippen LogP contribution is 2.35. The summed E-state index contributed by atoms with van der Waals surface area (Å²) in [7, 11) is 0. The van der Waals surface area contributed by atoms with Gasteiger partial charge < -0.3 is 0 Å². The molecular weight excluding hydrogens is 177 g/mol. The number of alkyl halides is 3. The summed E-state index contributed by atoms with van der Waals surface area (Å²) < 4.78 is 37.3. The molecule has 0 spiro atoms. The molecule has 0 nitrogen and oxygen atoms in total. The highest BCUT2D eigenvalue weighted by atomic mass is 19.4. The van der Waals surface area contributed by atoms with Crippen LogP contribution in [0.1, 0.15) is 40.5 Å². The van der Waals surface area contributed by atoms with Crippen LogP contribution < -0.4 is 0 Å². The van der Waals surface area contributed by atoms with Crippen LogP contribution >= 0.6 is 0 Å². The van der Waals surface area contributed by atoms with E-state index in [4.69, 9.17) is 0 Å². The molecule has 1 atom stereocenters. The maximum atomic E-state index is 12.4. The van der Waals surface area contributed by atoms with Crippen LogP contribution in [0, 0.1) is 17.8 Å². The Bertz CT molecular complexity index is 136. The predicted molar refractivity (Wildman–Crippen MR) is 48.5 cm³/mol. The monoisotopic (exact) mass is 196 g/mol. The maximum absolute atomic E-state index is 12.4. The highest BCUT2D eigenvalue weighted by Gasteiger charge is 2.40. The molecule has 0 unspecified atom stereocenters. The van der Waals surface area contributed by atoms with E-state index in [1.807, 2.05) is 13.8 Å². The molecule has 0 rings (SSSR count). The smallest absolute Gasteiger partial charge is 0.171 e. The van der Waals surface area contributed by atoms with Gasteiger partial charge in [-0.25, -0.2) is 0 Å². The van der Waals surface area contributed by atoms with E-state index in [0.29, 0.717) is 12.3 Å². The van der Waals surface area contributed by atoms with Crippen molar-refractivity contribution in [2.45, 2.75) is 46.7 Å². The summed E-state index contributed by atoms with van der Waals surface area (Å²) >= 11 is 0. The van der Waals surface area contributed by atoms with Crippen LogP contribution in [-0.2, 0) is 0 Å². The molecule has 0 aromatic rings. The van der Waals surface area contributed by atoms with E-state index in [1.54, 1.807) is 13.8 Å². The van der Waals surface area contributed by atoms with E-state index >= 15 is 0 Å². The Morgan fingerprint density at radius 3 is 1.62 bits per heavy atom.